The quantitative estimate of drug-likeness (QED) is 0.625. The van der Waals surface area contributed by atoms with Crippen LogP contribution in [0.5, 0.6) is 0 Å². The van der Waals surface area contributed by atoms with E-state index in [1.54, 1.807) is 0 Å². The number of hydrogen-bond donors (Lipinski definition) is 3. The van der Waals surface area contributed by atoms with Crippen LogP contribution in [-0.2, 0) is 21.4 Å². The third-order valence-corrected chi connectivity index (χ3v) is 4.30. The number of fused-ring (bicyclic) bond motifs is 1. The highest BCUT2D eigenvalue weighted by molar-refractivity contribution is 7.87. The fourth-order valence-corrected chi connectivity index (χ4v) is 3.34. The van der Waals surface area contributed by atoms with E-state index in [4.69, 9.17) is 10.5 Å². The summed E-state index contributed by atoms with van der Waals surface area (Å²) in [6, 6.07) is 7.08. The number of ether oxygens (including phenoxy) is 1. The van der Waals surface area contributed by atoms with Crippen molar-refractivity contribution in [2.75, 3.05) is 20.3 Å². The molecule has 6 nitrogen and oxygen atoms in total. The number of benzene rings is 1. The van der Waals surface area contributed by atoms with Crippen LogP contribution in [0.15, 0.2) is 24.3 Å². The molecular weight excluding hydrogens is 266 g/mol. The van der Waals surface area contributed by atoms with Crippen LogP contribution >= 0.6 is 0 Å². The van der Waals surface area contributed by atoms with E-state index in [2.05, 4.69) is 9.44 Å². The second-order valence-corrected chi connectivity index (χ2v) is 6.08. The van der Waals surface area contributed by atoms with Crippen LogP contribution in [0.4, 0.5) is 0 Å². The van der Waals surface area contributed by atoms with Gasteiger partial charge in [0.2, 0.25) is 0 Å². The molecule has 0 spiro atoms. The van der Waals surface area contributed by atoms with Crippen molar-refractivity contribution in [3.63, 3.8) is 0 Å². The Hall–Kier alpha value is -0.990. The minimum absolute atomic E-state index is 0.232. The molecule has 1 aliphatic rings. The molecule has 0 saturated heterocycles. The maximum atomic E-state index is 11.9. The van der Waals surface area contributed by atoms with Gasteiger partial charge in [-0.15, -0.1) is 0 Å². The zero-order valence-electron chi connectivity index (χ0n) is 10.8. The lowest BCUT2D eigenvalue weighted by Gasteiger charge is -2.18. The minimum atomic E-state index is -3.57. The van der Waals surface area contributed by atoms with E-state index >= 15 is 0 Å². The molecular formula is C12H19N3O3S. The lowest BCUT2D eigenvalue weighted by molar-refractivity contribution is 0.204. The fraction of sp³-hybridized carbons (Fsp3) is 0.500. The number of nitrogens with two attached hydrogens (primary N) is 1. The topological polar surface area (TPSA) is 93.4 Å². The van der Waals surface area contributed by atoms with Gasteiger partial charge in [0.15, 0.2) is 0 Å². The molecule has 2 atom stereocenters. The van der Waals surface area contributed by atoms with E-state index < -0.39 is 10.2 Å². The first kappa shape index (κ1) is 14.4. The highest BCUT2D eigenvalue weighted by Crippen LogP contribution is 2.30. The van der Waals surface area contributed by atoms with Crippen LogP contribution in [0.25, 0.3) is 0 Å². The summed E-state index contributed by atoms with van der Waals surface area (Å²) >= 11 is 0. The van der Waals surface area contributed by atoms with Crippen molar-refractivity contribution in [3.05, 3.63) is 35.4 Å². The Bertz CT molecular complexity index is 533. The van der Waals surface area contributed by atoms with Gasteiger partial charge in [-0.05, 0) is 17.5 Å². The molecule has 1 aliphatic carbocycles. The summed E-state index contributed by atoms with van der Waals surface area (Å²) in [5, 5.41) is 0. The van der Waals surface area contributed by atoms with Gasteiger partial charge in [-0.25, -0.2) is 0 Å². The first-order valence-corrected chi connectivity index (χ1v) is 7.61. The maximum Gasteiger partial charge on any atom is 0.277 e. The molecule has 0 aliphatic heterocycles. The SMILES string of the molecule is COCCNS(=O)(=O)NC1c2ccccc2CC1N. The lowest BCUT2D eigenvalue weighted by atomic mass is 10.1. The van der Waals surface area contributed by atoms with E-state index in [0.717, 1.165) is 11.1 Å². The predicted octanol–water partition coefficient (Wildman–Crippen LogP) is -0.318. The molecule has 0 saturated carbocycles. The molecule has 106 valence electrons. The smallest absolute Gasteiger partial charge is 0.277 e. The Morgan fingerprint density at radius 2 is 2.16 bits per heavy atom. The summed E-state index contributed by atoms with van der Waals surface area (Å²) in [6.07, 6.45) is 0.682. The fourth-order valence-electron chi connectivity index (χ4n) is 2.26. The molecule has 0 heterocycles. The summed E-state index contributed by atoms with van der Waals surface area (Å²) in [6.45, 7) is 0.559. The minimum Gasteiger partial charge on any atom is -0.383 e. The summed E-state index contributed by atoms with van der Waals surface area (Å²) < 4.78 is 33.6. The zero-order chi connectivity index (χ0) is 13.9. The molecule has 0 radical (unpaired) electrons. The van der Waals surface area contributed by atoms with Gasteiger partial charge < -0.3 is 10.5 Å². The normalized spacial score (nSPS) is 22.4. The van der Waals surface area contributed by atoms with Gasteiger partial charge in [0.1, 0.15) is 0 Å². The van der Waals surface area contributed by atoms with Crippen molar-refractivity contribution < 1.29 is 13.2 Å². The van der Waals surface area contributed by atoms with Crippen LogP contribution in [0.3, 0.4) is 0 Å². The van der Waals surface area contributed by atoms with Gasteiger partial charge in [0, 0.05) is 19.7 Å². The highest BCUT2D eigenvalue weighted by Gasteiger charge is 2.32. The van der Waals surface area contributed by atoms with Gasteiger partial charge in [-0.1, -0.05) is 24.3 Å². The van der Waals surface area contributed by atoms with Gasteiger partial charge in [0.25, 0.3) is 10.2 Å². The van der Waals surface area contributed by atoms with Crippen molar-refractivity contribution in [2.45, 2.75) is 18.5 Å². The molecule has 1 aromatic carbocycles. The average Bonchev–Trinajstić information content (AvgIpc) is 2.66. The second-order valence-electron chi connectivity index (χ2n) is 4.55. The van der Waals surface area contributed by atoms with Crippen molar-refractivity contribution >= 4 is 10.2 Å². The third-order valence-electron chi connectivity index (χ3n) is 3.15. The summed E-state index contributed by atoms with van der Waals surface area (Å²) in [5.74, 6) is 0. The van der Waals surface area contributed by atoms with E-state index in [0.29, 0.717) is 13.0 Å². The van der Waals surface area contributed by atoms with Gasteiger partial charge >= 0.3 is 0 Å². The summed E-state index contributed by atoms with van der Waals surface area (Å²) in [5.41, 5.74) is 8.06. The molecule has 0 bridgehead atoms. The molecule has 7 heteroatoms. The Balaban J connectivity index is 2.07. The largest absolute Gasteiger partial charge is 0.383 e. The second kappa shape index (κ2) is 5.98. The van der Waals surface area contributed by atoms with Crippen molar-refractivity contribution in [1.29, 1.82) is 0 Å². The Labute approximate surface area is 113 Å². The maximum absolute atomic E-state index is 11.9. The Morgan fingerprint density at radius 1 is 1.42 bits per heavy atom. The van der Waals surface area contributed by atoms with Crippen molar-refractivity contribution in [2.24, 2.45) is 5.73 Å². The lowest BCUT2D eigenvalue weighted by Crippen LogP contribution is -2.44. The molecule has 0 fully saturated rings. The number of nitrogens with one attached hydrogen (secondary N) is 2. The van der Waals surface area contributed by atoms with E-state index in [-0.39, 0.29) is 18.6 Å². The van der Waals surface area contributed by atoms with Crippen LogP contribution in [0.2, 0.25) is 0 Å². The molecule has 2 rings (SSSR count). The van der Waals surface area contributed by atoms with Gasteiger partial charge in [-0.3, -0.25) is 0 Å². The molecule has 1 aromatic rings. The zero-order valence-corrected chi connectivity index (χ0v) is 11.6. The van der Waals surface area contributed by atoms with Crippen LogP contribution in [0, 0.1) is 0 Å². The van der Waals surface area contributed by atoms with Gasteiger partial charge in [0.05, 0.1) is 12.6 Å². The van der Waals surface area contributed by atoms with E-state index in [9.17, 15) is 8.42 Å². The first-order chi connectivity index (χ1) is 9.03. The molecule has 19 heavy (non-hydrogen) atoms. The van der Waals surface area contributed by atoms with Crippen LogP contribution in [0.1, 0.15) is 17.2 Å². The van der Waals surface area contributed by atoms with Crippen molar-refractivity contribution in [3.8, 4) is 0 Å². The molecule has 0 aromatic heterocycles. The Morgan fingerprint density at radius 3 is 2.89 bits per heavy atom. The number of hydrogen-bond acceptors (Lipinski definition) is 4. The number of methoxy groups -OCH3 is 1. The first-order valence-electron chi connectivity index (χ1n) is 6.13. The standard InChI is InChI=1S/C12H19N3O3S/c1-18-7-6-14-19(16,17)15-12-10-5-3-2-4-9(10)8-11(12)13/h2-5,11-12,14-15H,6-8,13H2,1H3. The summed E-state index contributed by atoms with van der Waals surface area (Å²) in [4.78, 5) is 0. The molecule has 0 amide bonds. The summed E-state index contributed by atoms with van der Waals surface area (Å²) in [7, 11) is -2.05. The number of rotatable bonds is 6. The van der Waals surface area contributed by atoms with Crippen LogP contribution in [-0.4, -0.2) is 34.7 Å². The van der Waals surface area contributed by atoms with E-state index in [1.807, 2.05) is 24.3 Å². The molecule has 4 N–H and O–H groups in total. The predicted molar refractivity (Wildman–Crippen MR) is 72.8 cm³/mol. The van der Waals surface area contributed by atoms with Gasteiger partial charge in [-0.2, -0.15) is 17.9 Å². The molecule has 2 unspecified atom stereocenters. The Kier molecular flexibility index (Phi) is 4.54. The van der Waals surface area contributed by atoms with E-state index in [1.165, 1.54) is 7.11 Å². The monoisotopic (exact) mass is 285 g/mol. The van der Waals surface area contributed by atoms with Crippen molar-refractivity contribution in [1.82, 2.24) is 9.44 Å². The third kappa shape index (κ3) is 3.52. The van der Waals surface area contributed by atoms with Crippen LogP contribution < -0.4 is 15.2 Å². The average molecular weight is 285 g/mol. The highest BCUT2D eigenvalue weighted by atomic mass is 32.2.